The maximum atomic E-state index is 12.3. The highest BCUT2D eigenvalue weighted by molar-refractivity contribution is 6.36. The van der Waals surface area contributed by atoms with Gasteiger partial charge in [0, 0.05) is 15.6 Å². The first-order valence-electron chi connectivity index (χ1n) is 7.34. The van der Waals surface area contributed by atoms with E-state index in [0.29, 0.717) is 15.8 Å². The molecule has 0 aliphatic carbocycles. The van der Waals surface area contributed by atoms with Crippen LogP contribution >= 0.6 is 34.8 Å². The number of nitrogens with zero attached hydrogens (tertiary/aromatic N) is 4. The molecule has 0 spiro atoms. The van der Waals surface area contributed by atoms with Gasteiger partial charge in [-0.3, -0.25) is 0 Å². The second-order valence-corrected chi connectivity index (χ2v) is 6.42. The highest BCUT2D eigenvalue weighted by Crippen LogP contribution is 2.22. The van der Waals surface area contributed by atoms with Gasteiger partial charge < -0.3 is 4.84 Å². The summed E-state index contributed by atoms with van der Waals surface area (Å²) in [5, 5.41) is 9.20. The molecule has 0 fully saturated rings. The molecule has 0 saturated heterocycles. The lowest BCUT2D eigenvalue weighted by atomic mass is 10.1. The molecule has 0 aliphatic heterocycles. The number of benzene rings is 2. The Morgan fingerprint density at radius 1 is 1.08 bits per heavy atom. The molecule has 2 aromatic carbocycles. The molecular weight excluding hydrogens is 399 g/mol. The van der Waals surface area contributed by atoms with Gasteiger partial charge in [0.2, 0.25) is 0 Å². The lowest BCUT2D eigenvalue weighted by Crippen LogP contribution is -2.14. The van der Waals surface area contributed by atoms with E-state index >= 15 is 0 Å². The Morgan fingerprint density at radius 3 is 2.46 bits per heavy atom. The van der Waals surface area contributed by atoms with Crippen LogP contribution in [0.3, 0.4) is 0 Å². The predicted octanol–water partition coefficient (Wildman–Crippen LogP) is 4.50. The Balaban J connectivity index is 1.85. The Bertz CT molecular complexity index is 941. The van der Waals surface area contributed by atoms with Crippen LogP contribution in [0.15, 0.2) is 60.3 Å². The summed E-state index contributed by atoms with van der Waals surface area (Å²) in [5.41, 5.74) is 1.35. The summed E-state index contributed by atoms with van der Waals surface area (Å²) in [6.07, 6.45) is 2.93. The summed E-state index contributed by atoms with van der Waals surface area (Å²) in [5.74, 6) is -0.697. The molecule has 1 aromatic heterocycles. The number of oxime groups is 1. The van der Waals surface area contributed by atoms with Crippen LogP contribution in [0.4, 0.5) is 0 Å². The minimum Gasteiger partial charge on any atom is -0.312 e. The first-order chi connectivity index (χ1) is 12.5. The van der Waals surface area contributed by atoms with Crippen molar-refractivity contribution in [3.8, 4) is 0 Å². The maximum absolute atomic E-state index is 12.3. The Morgan fingerprint density at radius 2 is 1.81 bits per heavy atom. The number of rotatable bonds is 5. The fourth-order valence-corrected chi connectivity index (χ4v) is 2.70. The number of carbonyl (C=O) groups is 1. The van der Waals surface area contributed by atoms with Crippen molar-refractivity contribution in [1.82, 2.24) is 14.8 Å². The molecule has 9 heteroatoms. The smallest absolute Gasteiger partial charge is 0.312 e. The van der Waals surface area contributed by atoms with Crippen molar-refractivity contribution >= 4 is 46.5 Å². The Hall–Kier alpha value is -2.41. The molecule has 26 heavy (non-hydrogen) atoms. The van der Waals surface area contributed by atoms with Gasteiger partial charge in [-0.2, -0.15) is 5.10 Å². The largest absolute Gasteiger partial charge is 0.367 e. The van der Waals surface area contributed by atoms with E-state index in [2.05, 4.69) is 15.2 Å². The van der Waals surface area contributed by atoms with E-state index in [1.54, 1.807) is 35.0 Å². The lowest BCUT2D eigenvalue weighted by Gasteiger charge is -2.07. The van der Waals surface area contributed by atoms with Crippen molar-refractivity contribution in [3.05, 3.63) is 81.3 Å². The molecular formula is C17H11Cl3N4O2. The summed E-state index contributed by atoms with van der Waals surface area (Å²) in [6.45, 7) is 0.253. The predicted molar refractivity (Wildman–Crippen MR) is 99.9 cm³/mol. The molecule has 0 bridgehead atoms. The summed E-state index contributed by atoms with van der Waals surface area (Å²) in [4.78, 5) is 21.2. The van der Waals surface area contributed by atoms with Crippen molar-refractivity contribution in [3.63, 3.8) is 0 Å². The summed E-state index contributed by atoms with van der Waals surface area (Å²) in [6, 6.07) is 11.4. The molecule has 0 N–H and O–H groups in total. The molecule has 0 aliphatic rings. The second kappa shape index (κ2) is 8.31. The Labute approximate surface area is 164 Å². The van der Waals surface area contributed by atoms with Crippen LogP contribution in [0.2, 0.25) is 15.1 Å². The average Bonchev–Trinajstić information content (AvgIpc) is 3.12. The third-order valence-electron chi connectivity index (χ3n) is 3.35. The van der Waals surface area contributed by atoms with Gasteiger partial charge in [-0.15, -0.1) is 0 Å². The number of aromatic nitrogens is 3. The van der Waals surface area contributed by atoms with Crippen LogP contribution in [-0.4, -0.2) is 26.4 Å². The number of hydrogen-bond donors (Lipinski definition) is 0. The van der Waals surface area contributed by atoms with E-state index in [4.69, 9.17) is 39.6 Å². The fraction of sp³-hybridized carbons (Fsp3) is 0.0588. The summed E-state index contributed by atoms with van der Waals surface area (Å²) in [7, 11) is 0. The Kier molecular flexibility index (Phi) is 5.88. The highest BCUT2D eigenvalue weighted by atomic mass is 35.5. The van der Waals surface area contributed by atoms with Crippen molar-refractivity contribution in [2.75, 3.05) is 0 Å². The van der Waals surface area contributed by atoms with Gasteiger partial charge in [-0.1, -0.05) is 52.1 Å². The average molecular weight is 410 g/mol. The van der Waals surface area contributed by atoms with Crippen LogP contribution in [0.25, 0.3) is 0 Å². The first-order valence-corrected chi connectivity index (χ1v) is 8.48. The zero-order valence-corrected chi connectivity index (χ0v) is 15.4. The minimum absolute atomic E-state index is 0.163. The SMILES string of the molecule is O=C(ON=C(Cn1cncn1)c1ccc(Cl)cc1)c1ccc(Cl)cc1Cl. The molecule has 0 radical (unpaired) electrons. The standard InChI is InChI=1S/C17H11Cl3N4O2/c18-12-3-1-11(2-4-12)16(8-24-10-21-9-22-24)23-26-17(25)14-6-5-13(19)7-15(14)20/h1-7,9-10H,8H2. The molecule has 3 rings (SSSR count). The molecule has 0 unspecified atom stereocenters. The van der Waals surface area contributed by atoms with Gasteiger partial charge in [0.1, 0.15) is 18.4 Å². The topological polar surface area (TPSA) is 69.4 Å². The molecule has 0 saturated carbocycles. The minimum atomic E-state index is -0.697. The zero-order valence-electron chi connectivity index (χ0n) is 13.1. The van der Waals surface area contributed by atoms with Gasteiger partial charge in [0.15, 0.2) is 0 Å². The van der Waals surface area contributed by atoms with E-state index in [0.717, 1.165) is 5.56 Å². The summed E-state index contributed by atoms with van der Waals surface area (Å²) >= 11 is 17.8. The first kappa shape index (κ1) is 18.4. The molecule has 6 nitrogen and oxygen atoms in total. The zero-order chi connectivity index (χ0) is 18.5. The van der Waals surface area contributed by atoms with Crippen molar-refractivity contribution < 1.29 is 9.63 Å². The monoisotopic (exact) mass is 408 g/mol. The lowest BCUT2D eigenvalue weighted by molar-refractivity contribution is 0.0515. The third kappa shape index (κ3) is 4.60. The molecule has 0 amide bonds. The van der Waals surface area contributed by atoms with Gasteiger partial charge in [0.05, 0.1) is 17.1 Å². The van der Waals surface area contributed by atoms with Crippen LogP contribution in [-0.2, 0) is 11.4 Å². The van der Waals surface area contributed by atoms with Gasteiger partial charge in [-0.25, -0.2) is 14.5 Å². The van der Waals surface area contributed by atoms with Gasteiger partial charge in [-0.05, 0) is 30.3 Å². The molecule has 0 atom stereocenters. The summed E-state index contributed by atoms with van der Waals surface area (Å²) < 4.78 is 1.55. The van der Waals surface area contributed by atoms with E-state index in [1.165, 1.54) is 24.8 Å². The van der Waals surface area contributed by atoms with Crippen LogP contribution in [0, 0.1) is 0 Å². The third-order valence-corrected chi connectivity index (χ3v) is 4.15. The number of carbonyl (C=O) groups excluding carboxylic acids is 1. The highest BCUT2D eigenvalue weighted by Gasteiger charge is 2.14. The molecule has 1 heterocycles. The van der Waals surface area contributed by atoms with E-state index in [1.807, 2.05) is 0 Å². The molecule has 132 valence electrons. The van der Waals surface area contributed by atoms with Crippen molar-refractivity contribution in [2.45, 2.75) is 6.54 Å². The normalized spacial score (nSPS) is 11.4. The van der Waals surface area contributed by atoms with Crippen LogP contribution in [0.1, 0.15) is 15.9 Å². The second-order valence-electron chi connectivity index (χ2n) is 5.14. The van der Waals surface area contributed by atoms with Crippen LogP contribution in [0.5, 0.6) is 0 Å². The van der Waals surface area contributed by atoms with E-state index in [9.17, 15) is 4.79 Å². The van der Waals surface area contributed by atoms with Gasteiger partial charge >= 0.3 is 5.97 Å². The fourth-order valence-electron chi connectivity index (χ4n) is 2.08. The van der Waals surface area contributed by atoms with Crippen molar-refractivity contribution in [1.29, 1.82) is 0 Å². The van der Waals surface area contributed by atoms with E-state index in [-0.39, 0.29) is 17.1 Å². The number of halogens is 3. The number of hydrogen-bond acceptors (Lipinski definition) is 5. The molecule has 3 aromatic rings. The van der Waals surface area contributed by atoms with E-state index < -0.39 is 5.97 Å². The van der Waals surface area contributed by atoms with Crippen molar-refractivity contribution in [2.24, 2.45) is 5.16 Å². The van der Waals surface area contributed by atoms with Gasteiger partial charge in [0.25, 0.3) is 0 Å². The van der Waals surface area contributed by atoms with Crippen LogP contribution < -0.4 is 0 Å². The quantitative estimate of drug-likeness (QED) is 0.353. The maximum Gasteiger partial charge on any atom is 0.367 e.